The average molecular weight is 478 g/mol. The highest BCUT2D eigenvalue weighted by atomic mass is 16.5. The first-order valence-corrected chi connectivity index (χ1v) is 11.8. The smallest absolute Gasteiger partial charge is 0.330 e. The molecule has 0 unspecified atom stereocenters. The van der Waals surface area contributed by atoms with Gasteiger partial charge in [0, 0.05) is 38.9 Å². The Morgan fingerprint density at radius 3 is 2.26 bits per heavy atom. The maximum atomic E-state index is 12.9. The molecule has 1 fully saturated rings. The molecule has 9 heteroatoms. The van der Waals surface area contributed by atoms with Crippen molar-refractivity contribution < 1.29 is 9.53 Å². The van der Waals surface area contributed by atoms with Gasteiger partial charge < -0.3 is 20.3 Å². The van der Waals surface area contributed by atoms with E-state index in [1.165, 1.54) is 11.7 Å². The maximum absolute atomic E-state index is 12.9. The summed E-state index contributed by atoms with van der Waals surface area (Å²) in [6.07, 6.45) is 2.08. The number of nitrogens with zero attached hydrogens (tertiary/aromatic N) is 3. The first kappa shape index (κ1) is 24.3. The van der Waals surface area contributed by atoms with Gasteiger partial charge in [0.15, 0.2) is 0 Å². The number of benzene rings is 2. The van der Waals surface area contributed by atoms with Gasteiger partial charge in [0.25, 0.3) is 11.5 Å². The van der Waals surface area contributed by atoms with E-state index in [9.17, 15) is 14.4 Å². The number of likely N-dealkylation sites (tertiary alicyclic amines) is 1. The molecule has 184 valence electrons. The van der Waals surface area contributed by atoms with Crippen LogP contribution in [0.1, 0.15) is 34.3 Å². The van der Waals surface area contributed by atoms with Crippen molar-refractivity contribution in [1.29, 1.82) is 0 Å². The minimum atomic E-state index is -0.572. The van der Waals surface area contributed by atoms with Gasteiger partial charge >= 0.3 is 5.69 Å². The van der Waals surface area contributed by atoms with E-state index < -0.39 is 11.2 Å². The fourth-order valence-electron chi connectivity index (χ4n) is 4.38. The van der Waals surface area contributed by atoms with Crippen LogP contribution >= 0.6 is 0 Å². The van der Waals surface area contributed by atoms with Crippen LogP contribution in [-0.4, -0.2) is 47.2 Å². The number of nitrogen functional groups attached to an aromatic ring is 1. The summed E-state index contributed by atoms with van der Waals surface area (Å²) in [4.78, 5) is 44.1. The Morgan fingerprint density at radius 1 is 1.00 bits per heavy atom. The molecule has 0 aliphatic carbocycles. The number of rotatable bonds is 9. The number of carbonyl (C=O) groups is 1. The monoisotopic (exact) mass is 477 g/mol. The number of H-pyrrole nitrogens is 1. The number of aromatic nitrogens is 2. The number of methoxy groups -OCH3 is 1. The van der Waals surface area contributed by atoms with Crippen molar-refractivity contribution in [2.45, 2.75) is 32.5 Å². The molecule has 0 radical (unpaired) electrons. The Kier molecular flexibility index (Phi) is 7.67. The van der Waals surface area contributed by atoms with E-state index in [0.29, 0.717) is 18.7 Å². The molecule has 0 bridgehead atoms. The Balaban J connectivity index is 1.66. The molecule has 0 atom stereocenters. The quantitative estimate of drug-likeness (QED) is 0.489. The Bertz CT molecular complexity index is 1260. The summed E-state index contributed by atoms with van der Waals surface area (Å²) in [6, 6.07) is 17.2. The van der Waals surface area contributed by atoms with Crippen LogP contribution in [0.25, 0.3) is 0 Å². The van der Waals surface area contributed by atoms with Crippen LogP contribution in [0.3, 0.4) is 0 Å². The maximum Gasteiger partial charge on any atom is 0.330 e. The first-order valence-electron chi connectivity index (χ1n) is 11.8. The van der Waals surface area contributed by atoms with Crippen molar-refractivity contribution >= 4 is 17.4 Å². The number of carbonyl (C=O) groups excluding carboxylic acids is 1. The topological polar surface area (TPSA) is 114 Å². The highest BCUT2D eigenvalue weighted by Gasteiger charge is 2.21. The second kappa shape index (κ2) is 11.1. The predicted octanol–water partition coefficient (Wildman–Crippen LogP) is 2.21. The van der Waals surface area contributed by atoms with Crippen LogP contribution in [-0.2, 0) is 24.4 Å². The van der Waals surface area contributed by atoms with E-state index in [-0.39, 0.29) is 30.6 Å². The van der Waals surface area contributed by atoms with Crippen LogP contribution in [0.5, 0.6) is 0 Å². The third-order valence-corrected chi connectivity index (χ3v) is 6.23. The van der Waals surface area contributed by atoms with Crippen LogP contribution < -0.4 is 21.9 Å². The molecule has 1 amide bonds. The third-order valence-electron chi connectivity index (χ3n) is 6.23. The largest absolute Gasteiger partial charge is 0.383 e. The standard InChI is InChI=1S/C26H31N5O4/c1-35-16-15-31-23(27)22(24(32)28-26(31)34)30(17-19-7-3-2-4-8-19)18-20-9-11-21(12-10-20)25(33)29-13-5-6-14-29/h2-4,7-12H,5-6,13-18,27H2,1H3,(H,28,32,34). The fraction of sp³-hybridized carbons (Fsp3) is 0.346. The third kappa shape index (κ3) is 5.63. The van der Waals surface area contributed by atoms with Gasteiger partial charge in [-0.2, -0.15) is 0 Å². The molecule has 4 rings (SSSR count). The minimum Gasteiger partial charge on any atom is -0.383 e. The molecule has 35 heavy (non-hydrogen) atoms. The van der Waals surface area contributed by atoms with Gasteiger partial charge in [-0.05, 0) is 36.1 Å². The molecule has 1 aliphatic rings. The highest BCUT2D eigenvalue weighted by molar-refractivity contribution is 5.94. The van der Waals surface area contributed by atoms with Gasteiger partial charge in [-0.15, -0.1) is 0 Å². The van der Waals surface area contributed by atoms with Gasteiger partial charge in [-0.3, -0.25) is 19.1 Å². The number of aromatic amines is 1. The summed E-state index contributed by atoms with van der Waals surface area (Å²) in [7, 11) is 1.54. The van der Waals surface area contributed by atoms with Crippen molar-refractivity contribution in [3.05, 3.63) is 92.1 Å². The fourth-order valence-corrected chi connectivity index (χ4v) is 4.38. The van der Waals surface area contributed by atoms with Gasteiger partial charge in [0.2, 0.25) is 0 Å². The molecule has 2 aromatic carbocycles. The number of hydrogen-bond acceptors (Lipinski definition) is 6. The predicted molar refractivity (Wildman–Crippen MR) is 136 cm³/mol. The molecule has 1 aromatic heterocycles. The van der Waals surface area contributed by atoms with Crippen LogP contribution in [0.15, 0.2) is 64.2 Å². The van der Waals surface area contributed by atoms with Crippen molar-refractivity contribution in [2.75, 3.05) is 37.4 Å². The van der Waals surface area contributed by atoms with E-state index in [1.54, 1.807) is 0 Å². The van der Waals surface area contributed by atoms with Crippen molar-refractivity contribution in [3.8, 4) is 0 Å². The number of ether oxygens (including phenoxy) is 1. The summed E-state index contributed by atoms with van der Waals surface area (Å²) in [5.41, 5.74) is 8.02. The van der Waals surface area contributed by atoms with E-state index in [0.717, 1.165) is 37.1 Å². The molecule has 2 heterocycles. The van der Waals surface area contributed by atoms with Crippen molar-refractivity contribution in [1.82, 2.24) is 14.5 Å². The lowest BCUT2D eigenvalue weighted by Crippen LogP contribution is -2.38. The lowest BCUT2D eigenvalue weighted by molar-refractivity contribution is 0.0793. The molecule has 3 N–H and O–H groups in total. The molecular weight excluding hydrogens is 446 g/mol. The Labute approximate surface area is 203 Å². The molecule has 0 saturated carbocycles. The summed E-state index contributed by atoms with van der Waals surface area (Å²) < 4.78 is 6.41. The number of amides is 1. The van der Waals surface area contributed by atoms with E-state index in [2.05, 4.69) is 4.98 Å². The van der Waals surface area contributed by atoms with Crippen LogP contribution in [0, 0.1) is 0 Å². The number of nitrogens with one attached hydrogen (secondary N) is 1. The number of hydrogen-bond donors (Lipinski definition) is 2. The SMILES string of the molecule is COCCn1c(N)c(N(Cc2ccccc2)Cc2ccc(C(=O)N3CCCC3)cc2)c(=O)[nH]c1=O. The van der Waals surface area contributed by atoms with Crippen molar-refractivity contribution in [3.63, 3.8) is 0 Å². The van der Waals surface area contributed by atoms with Gasteiger partial charge in [0.05, 0.1) is 13.2 Å². The highest BCUT2D eigenvalue weighted by Crippen LogP contribution is 2.23. The molecule has 1 saturated heterocycles. The van der Waals surface area contributed by atoms with Gasteiger partial charge in [-0.25, -0.2) is 4.79 Å². The van der Waals surface area contributed by atoms with Crippen LogP contribution in [0.4, 0.5) is 11.5 Å². The zero-order chi connectivity index (χ0) is 24.8. The number of anilines is 2. The second-order valence-corrected chi connectivity index (χ2v) is 8.68. The van der Waals surface area contributed by atoms with E-state index in [4.69, 9.17) is 10.5 Å². The van der Waals surface area contributed by atoms with E-state index >= 15 is 0 Å². The summed E-state index contributed by atoms with van der Waals surface area (Å²) in [5.74, 6) is 0.133. The lowest BCUT2D eigenvalue weighted by atomic mass is 10.1. The van der Waals surface area contributed by atoms with Crippen molar-refractivity contribution in [2.24, 2.45) is 0 Å². The molecular formula is C26H31N5O4. The number of nitrogens with two attached hydrogens (primary N) is 1. The zero-order valence-corrected chi connectivity index (χ0v) is 19.9. The average Bonchev–Trinajstić information content (AvgIpc) is 3.39. The lowest BCUT2D eigenvalue weighted by Gasteiger charge is -2.26. The zero-order valence-electron chi connectivity index (χ0n) is 19.9. The van der Waals surface area contributed by atoms with E-state index in [1.807, 2.05) is 64.4 Å². The summed E-state index contributed by atoms with van der Waals surface area (Å²) >= 11 is 0. The van der Waals surface area contributed by atoms with Gasteiger partial charge in [-0.1, -0.05) is 42.5 Å². The minimum absolute atomic E-state index is 0.0427. The van der Waals surface area contributed by atoms with Gasteiger partial charge in [0.1, 0.15) is 11.5 Å². The Morgan fingerprint density at radius 2 is 1.63 bits per heavy atom. The normalized spacial score (nSPS) is 13.2. The molecule has 3 aromatic rings. The Hall–Kier alpha value is -3.85. The second-order valence-electron chi connectivity index (χ2n) is 8.68. The molecule has 1 aliphatic heterocycles. The molecule has 9 nitrogen and oxygen atoms in total. The molecule has 0 spiro atoms. The first-order chi connectivity index (χ1) is 17.0. The summed E-state index contributed by atoms with van der Waals surface area (Å²) in [6.45, 7) is 2.87. The summed E-state index contributed by atoms with van der Waals surface area (Å²) in [5, 5.41) is 0. The van der Waals surface area contributed by atoms with Crippen LogP contribution in [0.2, 0.25) is 0 Å².